The van der Waals surface area contributed by atoms with Crippen LogP contribution in [0.15, 0.2) is 48.7 Å². The van der Waals surface area contributed by atoms with Gasteiger partial charge in [-0.1, -0.05) is 39.0 Å². The van der Waals surface area contributed by atoms with Crippen molar-refractivity contribution in [2.24, 2.45) is 11.3 Å². The largest absolute Gasteiger partial charge is 0.491 e. The molecule has 1 saturated heterocycles. The molecule has 0 radical (unpaired) electrons. The summed E-state index contributed by atoms with van der Waals surface area (Å²) in [6.07, 6.45) is 4.17. The van der Waals surface area contributed by atoms with Crippen LogP contribution in [0.5, 0.6) is 5.75 Å². The zero-order valence-corrected chi connectivity index (χ0v) is 19.6. The number of aromatic nitrogens is 1. The Kier molecular flexibility index (Phi) is 7.71. The predicted molar refractivity (Wildman–Crippen MR) is 125 cm³/mol. The molecule has 2 atom stereocenters. The summed E-state index contributed by atoms with van der Waals surface area (Å²) in [4.78, 5) is 19.9. The number of hydrogen-bond donors (Lipinski definition) is 1. The van der Waals surface area contributed by atoms with Crippen molar-refractivity contribution in [1.29, 1.82) is 0 Å². The van der Waals surface area contributed by atoms with Crippen molar-refractivity contribution >= 4 is 5.91 Å². The molecule has 1 aromatic heterocycles. The molecule has 1 aromatic carbocycles. The Hall–Kier alpha value is -2.40. The minimum absolute atomic E-state index is 0.0683. The quantitative estimate of drug-likeness (QED) is 0.682. The summed E-state index contributed by atoms with van der Waals surface area (Å²) in [6.45, 7) is 12.8. The van der Waals surface area contributed by atoms with Gasteiger partial charge in [0.05, 0.1) is 17.8 Å². The second-order valence-electron chi connectivity index (χ2n) is 9.91. The Morgan fingerprint density at radius 3 is 2.71 bits per heavy atom. The third-order valence-corrected chi connectivity index (χ3v) is 5.66. The number of hydrogen-bond acceptors (Lipinski definition) is 4. The van der Waals surface area contributed by atoms with Gasteiger partial charge in [0.2, 0.25) is 5.91 Å². The van der Waals surface area contributed by atoms with Crippen LogP contribution in [0.2, 0.25) is 0 Å². The first-order valence-electron chi connectivity index (χ1n) is 11.4. The number of ether oxygens (including phenoxy) is 1. The average molecular weight is 424 g/mol. The summed E-state index contributed by atoms with van der Waals surface area (Å²) in [7, 11) is 0. The normalized spacial score (nSPS) is 18.6. The van der Waals surface area contributed by atoms with Gasteiger partial charge in [0.1, 0.15) is 5.75 Å². The van der Waals surface area contributed by atoms with Gasteiger partial charge in [-0.2, -0.15) is 0 Å². The first kappa shape index (κ1) is 23.3. The highest BCUT2D eigenvalue weighted by atomic mass is 16.5. The molecule has 2 heterocycles. The summed E-state index contributed by atoms with van der Waals surface area (Å²) in [6, 6.07) is 14.3. The van der Waals surface area contributed by atoms with E-state index in [1.807, 2.05) is 65.1 Å². The second kappa shape index (κ2) is 10.3. The maximum atomic E-state index is 12.8. The first-order valence-corrected chi connectivity index (χ1v) is 11.4. The van der Waals surface area contributed by atoms with E-state index in [2.05, 4.69) is 33.4 Å². The third-order valence-electron chi connectivity index (χ3n) is 5.66. The zero-order chi connectivity index (χ0) is 22.4. The topological polar surface area (TPSA) is 54.5 Å². The number of rotatable bonds is 7. The molecule has 0 spiro atoms. The summed E-state index contributed by atoms with van der Waals surface area (Å²) in [5, 5.41) is 3.31. The monoisotopic (exact) mass is 423 g/mol. The molecular weight excluding hydrogens is 386 g/mol. The Morgan fingerprint density at radius 2 is 2.03 bits per heavy atom. The highest BCUT2D eigenvalue weighted by molar-refractivity contribution is 5.81. The van der Waals surface area contributed by atoms with Gasteiger partial charge in [-0.3, -0.25) is 14.7 Å². The molecule has 5 heteroatoms. The van der Waals surface area contributed by atoms with E-state index in [4.69, 9.17) is 4.74 Å². The minimum Gasteiger partial charge on any atom is -0.491 e. The van der Waals surface area contributed by atoms with Gasteiger partial charge in [-0.25, -0.2) is 0 Å². The summed E-state index contributed by atoms with van der Waals surface area (Å²) in [5.41, 5.74) is 1.77. The van der Waals surface area contributed by atoms with Gasteiger partial charge in [-0.05, 0) is 69.0 Å². The summed E-state index contributed by atoms with van der Waals surface area (Å²) < 4.78 is 5.86. The first-order chi connectivity index (χ1) is 14.7. The molecule has 1 N–H and O–H groups in total. The molecule has 5 nitrogen and oxygen atoms in total. The van der Waals surface area contributed by atoms with Crippen molar-refractivity contribution < 1.29 is 9.53 Å². The van der Waals surface area contributed by atoms with E-state index in [0.29, 0.717) is 5.92 Å². The summed E-state index contributed by atoms with van der Waals surface area (Å²) in [5.74, 6) is 1.31. The van der Waals surface area contributed by atoms with Crippen LogP contribution in [-0.2, 0) is 11.3 Å². The number of carbonyl (C=O) groups is 1. The fraction of sp³-hybridized carbons (Fsp3) is 0.538. The Morgan fingerprint density at radius 1 is 1.23 bits per heavy atom. The van der Waals surface area contributed by atoms with E-state index in [1.165, 1.54) is 5.56 Å². The van der Waals surface area contributed by atoms with Gasteiger partial charge in [-0.15, -0.1) is 0 Å². The molecule has 2 aromatic rings. The van der Waals surface area contributed by atoms with Crippen LogP contribution in [0.3, 0.4) is 0 Å². The van der Waals surface area contributed by atoms with Crippen molar-refractivity contribution in [3.8, 4) is 5.75 Å². The molecule has 0 bridgehead atoms. The molecular formula is C26H37N3O2. The lowest BCUT2D eigenvalue weighted by Crippen LogP contribution is -2.45. The van der Waals surface area contributed by atoms with Crippen LogP contribution in [0.25, 0.3) is 0 Å². The van der Waals surface area contributed by atoms with Crippen molar-refractivity contribution in [2.45, 2.75) is 66.2 Å². The molecule has 168 valence electrons. The predicted octanol–water partition coefficient (Wildman–Crippen LogP) is 4.98. The minimum atomic E-state index is -0.432. The van der Waals surface area contributed by atoms with Crippen LogP contribution in [0, 0.1) is 11.3 Å². The van der Waals surface area contributed by atoms with Gasteiger partial charge in [0, 0.05) is 24.7 Å². The van der Waals surface area contributed by atoms with Crippen molar-refractivity contribution in [3.05, 3.63) is 59.9 Å². The SMILES string of the molecule is CC(C)Oc1cccc(CN2CCCC(C(NC(=O)C(C)(C)C)c3ccccn3)C2)c1. The highest BCUT2D eigenvalue weighted by Crippen LogP contribution is 2.31. The molecule has 31 heavy (non-hydrogen) atoms. The fourth-order valence-electron chi connectivity index (χ4n) is 4.11. The van der Waals surface area contributed by atoms with E-state index in [1.54, 1.807) is 0 Å². The lowest BCUT2D eigenvalue weighted by molar-refractivity contribution is -0.130. The van der Waals surface area contributed by atoms with Gasteiger partial charge < -0.3 is 10.1 Å². The number of likely N-dealkylation sites (tertiary alicyclic amines) is 1. The Bertz CT molecular complexity index is 845. The number of carbonyl (C=O) groups excluding carboxylic acids is 1. The van der Waals surface area contributed by atoms with Crippen molar-refractivity contribution in [2.75, 3.05) is 13.1 Å². The smallest absolute Gasteiger partial charge is 0.225 e. The maximum Gasteiger partial charge on any atom is 0.225 e. The van der Waals surface area contributed by atoms with Gasteiger partial charge in [0.15, 0.2) is 0 Å². The molecule has 1 amide bonds. The van der Waals surface area contributed by atoms with E-state index >= 15 is 0 Å². The Labute approximate surface area is 187 Å². The number of piperidine rings is 1. The molecule has 1 fully saturated rings. The van der Waals surface area contributed by atoms with Gasteiger partial charge in [0.25, 0.3) is 0 Å². The van der Waals surface area contributed by atoms with E-state index in [0.717, 1.165) is 43.9 Å². The molecule has 0 saturated carbocycles. The molecule has 3 rings (SSSR count). The maximum absolute atomic E-state index is 12.8. The van der Waals surface area contributed by atoms with Crippen molar-refractivity contribution in [1.82, 2.24) is 15.2 Å². The number of nitrogens with one attached hydrogen (secondary N) is 1. The number of amides is 1. The van der Waals surface area contributed by atoms with Crippen LogP contribution in [0.1, 0.15) is 64.8 Å². The fourth-order valence-corrected chi connectivity index (χ4v) is 4.11. The van der Waals surface area contributed by atoms with Crippen LogP contribution >= 0.6 is 0 Å². The molecule has 0 aliphatic carbocycles. The summed E-state index contributed by atoms with van der Waals surface area (Å²) >= 11 is 0. The van der Waals surface area contributed by atoms with E-state index in [9.17, 15) is 4.79 Å². The molecule has 1 aliphatic heterocycles. The third kappa shape index (κ3) is 6.79. The van der Waals surface area contributed by atoms with E-state index in [-0.39, 0.29) is 18.1 Å². The lowest BCUT2D eigenvalue weighted by atomic mass is 9.86. The number of benzene rings is 1. The Balaban J connectivity index is 1.73. The highest BCUT2D eigenvalue weighted by Gasteiger charge is 2.33. The molecule has 2 unspecified atom stereocenters. The average Bonchev–Trinajstić information content (AvgIpc) is 2.71. The zero-order valence-electron chi connectivity index (χ0n) is 19.6. The number of pyridine rings is 1. The van der Waals surface area contributed by atoms with Crippen LogP contribution < -0.4 is 10.1 Å². The van der Waals surface area contributed by atoms with Crippen molar-refractivity contribution in [3.63, 3.8) is 0 Å². The lowest BCUT2D eigenvalue weighted by Gasteiger charge is -2.38. The standard InChI is InChI=1S/C26H37N3O2/c1-19(2)31-22-12-8-10-20(16-22)17-29-15-9-11-21(18-29)24(23-13-6-7-14-27-23)28-25(30)26(3,4)5/h6-8,10,12-14,16,19,21,24H,9,11,15,17-18H2,1-5H3,(H,28,30). The van der Waals surface area contributed by atoms with Crippen LogP contribution in [-0.4, -0.2) is 35.0 Å². The second-order valence-corrected chi connectivity index (χ2v) is 9.91. The van der Waals surface area contributed by atoms with Crippen LogP contribution in [0.4, 0.5) is 0 Å². The van der Waals surface area contributed by atoms with Gasteiger partial charge >= 0.3 is 0 Å². The molecule has 1 aliphatic rings. The number of nitrogens with zero attached hydrogens (tertiary/aromatic N) is 2. The van der Waals surface area contributed by atoms with E-state index < -0.39 is 5.41 Å².